The summed E-state index contributed by atoms with van der Waals surface area (Å²) in [4.78, 5) is 0.576. The molecule has 0 N–H and O–H groups in total. The third-order valence-electron chi connectivity index (χ3n) is 1.51. The fourth-order valence-electron chi connectivity index (χ4n) is 0.914. The lowest BCUT2D eigenvalue weighted by Gasteiger charge is -2.06. The van der Waals surface area contributed by atoms with Crippen molar-refractivity contribution in [2.24, 2.45) is 0 Å². The standard InChI is InChI=1S/C9H9F3S/c1-6-4-7(11)2-3-8(6)13-9(12)5-10/h2-4,9H,5H2,1H3. The molecule has 1 unspecified atom stereocenters. The lowest BCUT2D eigenvalue weighted by molar-refractivity contribution is 0.348. The molecule has 0 aliphatic heterocycles. The van der Waals surface area contributed by atoms with Gasteiger partial charge in [0.1, 0.15) is 12.5 Å². The summed E-state index contributed by atoms with van der Waals surface area (Å²) in [6, 6.07) is 3.99. The third-order valence-corrected chi connectivity index (χ3v) is 2.61. The quantitative estimate of drug-likeness (QED) is 0.682. The molecule has 1 aromatic carbocycles. The van der Waals surface area contributed by atoms with Gasteiger partial charge >= 0.3 is 0 Å². The topological polar surface area (TPSA) is 0 Å². The molecule has 0 saturated heterocycles. The van der Waals surface area contributed by atoms with E-state index in [0.717, 1.165) is 11.8 Å². The highest BCUT2D eigenvalue weighted by molar-refractivity contribution is 7.99. The second-order valence-electron chi connectivity index (χ2n) is 2.59. The van der Waals surface area contributed by atoms with E-state index in [1.54, 1.807) is 6.92 Å². The van der Waals surface area contributed by atoms with E-state index >= 15 is 0 Å². The number of hydrogen-bond acceptors (Lipinski definition) is 1. The van der Waals surface area contributed by atoms with E-state index < -0.39 is 12.2 Å². The summed E-state index contributed by atoms with van der Waals surface area (Å²) in [5.74, 6) is -0.363. The minimum absolute atomic E-state index is 0.363. The van der Waals surface area contributed by atoms with Crippen molar-refractivity contribution in [2.75, 3.05) is 6.67 Å². The Kier molecular flexibility index (Phi) is 3.66. The molecule has 0 radical (unpaired) electrons. The van der Waals surface area contributed by atoms with Gasteiger partial charge in [0.15, 0.2) is 5.50 Å². The molecule has 0 amide bonds. The lowest BCUT2D eigenvalue weighted by atomic mass is 10.2. The van der Waals surface area contributed by atoms with Crippen molar-refractivity contribution in [3.63, 3.8) is 0 Å². The van der Waals surface area contributed by atoms with E-state index in [4.69, 9.17) is 0 Å². The summed E-state index contributed by atoms with van der Waals surface area (Å²) in [6.45, 7) is 0.637. The van der Waals surface area contributed by atoms with Crippen molar-refractivity contribution in [1.82, 2.24) is 0 Å². The van der Waals surface area contributed by atoms with Gasteiger partial charge in [-0.1, -0.05) is 11.8 Å². The SMILES string of the molecule is Cc1cc(F)ccc1SC(F)CF. The Morgan fingerprint density at radius 1 is 1.46 bits per heavy atom. The van der Waals surface area contributed by atoms with Gasteiger partial charge in [0, 0.05) is 4.90 Å². The van der Waals surface area contributed by atoms with Crippen LogP contribution in [0.4, 0.5) is 13.2 Å². The van der Waals surface area contributed by atoms with Crippen LogP contribution in [0.1, 0.15) is 5.56 Å². The van der Waals surface area contributed by atoms with Gasteiger partial charge in [0.2, 0.25) is 0 Å². The Bertz CT molecular complexity index is 288. The molecule has 1 aromatic rings. The van der Waals surface area contributed by atoms with Gasteiger partial charge < -0.3 is 0 Å². The first kappa shape index (κ1) is 10.4. The van der Waals surface area contributed by atoms with Crippen LogP contribution in [0, 0.1) is 12.7 Å². The van der Waals surface area contributed by atoms with Crippen LogP contribution < -0.4 is 0 Å². The van der Waals surface area contributed by atoms with Crippen molar-refractivity contribution in [3.8, 4) is 0 Å². The summed E-state index contributed by atoms with van der Waals surface area (Å²) in [7, 11) is 0. The Morgan fingerprint density at radius 3 is 2.69 bits per heavy atom. The van der Waals surface area contributed by atoms with Crippen molar-refractivity contribution in [3.05, 3.63) is 29.6 Å². The smallest absolute Gasteiger partial charge is 0.178 e. The monoisotopic (exact) mass is 206 g/mol. The molecule has 0 fully saturated rings. The van der Waals surface area contributed by atoms with Crippen molar-refractivity contribution in [2.45, 2.75) is 17.3 Å². The van der Waals surface area contributed by atoms with Crippen LogP contribution in [0.2, 0.25) is 0 Å². The largest absolute Gasteiger partial charge is 0.247 e. The van der Waals surface area contributed by atoms with Crippen molar-refractivity contribution >= 4 is 11.8 Å². The predicted octanol–water partition coefficient (Wildman–Crippen LogP) is 3.49. The Labute approximate surface area is 79.1 Å². The fraction of sp³-hybridized carbons (Fsp3) is 0.333. The molecular weight excluding hydrogens is 197 g/mol. The maximum absolute atomic E-state index is 12.6. The second-order valence-corrected chi connectivity index (χ2v) is 3.78. The number of benzene rings is 1. The molecule has 1 atom stereocenters. The number of alkyl halides is 2. The number of rotatable bonds is 3. The minimum atomic E-state index is -1.57. The highest BCUT2D eigenvalue weighted by Gasteiger charge is 2.09. The summed E-state index contributed by atoms with van der Waals surface area (Å²) in [5, 5.41) is 0. The molecule has 1 rings (SSSR count). The van der Waals surface area contributed by atoms with Crippen LogP contribution in [0.3, 0.4) is 0 Å². The number of hydrogen-bond donors (Lipinski definition) is 0. The molecular formula is C9H9F3S. The average Bonchev–Trinajstić information content (AvgIpc) is 2.09. The summed E-state index contributed by atoms with van der Waals surface area (Å²) in [6.07, 6.45) is 0. The van der Waals surface area contributed by atoms with Crippen LogP contribution in [-0.4, -0.2) is 12.2 Å². The Hall–Kier alpha value is -0.640. The first-order valence-corrected chi connectivity index (χ1v) is 4.64. The maximum atomic E-state index is 12.6. The van der Waals surface area contributed by atoms with Gasteiger partial charge in [0.25, 0.3) is 0 Å². The van der Waals surface area contributed by atoms with Gasteiger partial charge in [-0.15, -0.1) is 0 Å². The summed E-state index contributed by atoms with van der Waals surface area (Å²) in [5.41, 5.74) is -0.940. The van der Waals surface area contributed by atoms with Crippen LogP contribution in [0.15, 0.2) is 23.1 Å². The Morgan fingerprint density at radius 2 is 2.15 bits per heavy atom. The summed E-state index contributed by atoms with van der Waals surface area (Å²) >= 11 is 0.771. The summed E-state index contributed by atoms with van der Waals surface area (Å²) < 4.78 is 37.0. The lowest BCUT2D eigenvalue weighted by Crippen LogP contribution is -1.96. The molecule has 0 aromatic heterocycles. The molecule has 0 aliphatic rings. The van der Waals surface area contributed by atoms with E-state index in [-0.39, 0.29) is 5.82 Å². The van der Waals surface area contributed by atoms with Crippen LogP contribution >= 0.6 is 11.8 Å². The zero-order chi connectivity index (χ0) is 9.84. The molecule has 0 aliphatic carbocycles. The highest BCUT2D eigenvalue weighted by atomic mass is 32.2. The van der Waals surface area contributed by atoms with Gasteiger partial charge in [-0.3, -0.25) is 0 Å². The minimum Gasteiger partial charge on any atom is -0.247 e. The molecule has 0 heterocycles. The third kappa shape index (κ3) is 2.95. The van der Waals surface area contributed by atoms with Gasteiger partial charge in [-0.25, -0.2) is 13.2 Å². The zero-order valence-corrected chi connectivity index (χ0v) is 7.88. The molecule has 0 saturated carbocycles. The first-order valence-electron chi connectivity index (χ1n) is 3.76. The van der Waals surface area contributed by atoms with Crippen molar-refractivity contribution < 1.29 is 13.2 Å². The van der Waals surface area contributed by atoms with Crippen molar-refractivity contribution in [1.29, 1.82) is 0 Å². The van der Waals surface area contributed by atoms with Gasteiger partial charge in [0.05, 0.1) is 0 Å². The molecule has 0 spiro atoms. The predicted molar refractivity (Wildman–Crippen MR) is 47.9 cm³/mol. The fourth-order valence-corrected chi connectivity index (χ4v) is 1.64. The molecule has 13 heavy (non-hydrogen) atoms. The Balaban J connectivity index is 2.77. The second kappa shape index (κ2) is 4.56. The van der Waals surface area contributed by atoms with Crippen LogP contribution in [-0.2, 0) is 0 Å². The molecule has 0 bridgehead atoms. The molecule has 4 heteroatoms. The molecule has 0 nitrogen and oxygen atoms in total. The highest BCUT2D eigenvalue weighted by Crippen LogP contribution is 2.27. The van der Waals surface area contributed by atoms with E-state index in [1.807, 2.05) is 0 Å². The van der Waals surface area contributed by atoms with Gasteiger partial charge in [-0.05, 0) is 30.7 Å². The number of aryl methyl sites for hydroxylation is 1. The molecule has 72 valence electrons. The average molecular weight is 206 g/mol. The van der Waals surface area contributed by atoms with Gasteiger partial charge in [-0.2, -0.15) is 0 Å². The first-order chi connectivity index (χ1) is 6.13. The number of thioether (sulfide) groups is 1. The van der Waals surface area contributed by atoms with Crippen LogP contribution in [0.5, 0.6) is 0 Å². The van der Waals surface area contributed by atoms with E-state index in [2.05, 4.69) is 0 Å². The van der Waals surface area contributed by atoms with E-state index in [9.17, 15) is 13.2 Å². The maximum Gasteiger partial charge on any atom is 0.178 e. The zero-order valence-electron chi connectivity index (χ0n) is 7.06. The normalized spacial score (nSPS) is 12.9. The van der Waals surface area contributed by atoms with Crippen LogP contribution in [0.25, 0.3) is 0 Å². The van der Waals surface area contributed by atoms with E-state index in [1.165, 1.54) is 18.2 Å². The van der Waals surface area contributed by atoms with E-state index in [0.29, 0.717) is 10.5 Å². The number of halogens is 3.